The smallest absolute Gasteiger partial charge is 0.407 e. The first-order valence-electron chi connectivity index (χ1n) is 12.0. The lowest BCUT2D eigenvalue weighted by Gasteiger charge is -2.33. The van der Waals surface area contributed by atoms with Gasteiger partial charge in [-0.2, -0.15) is 0 Å². The molecule has 4 amide bonds. The third kappa shape index (κ3) is 7.11. The molecular weight excluding hydrogens is 482 g/mol. The second kappa shape index (κ2) is 12.4. The highest BCUT2D eigenvalue weighted by atomic mass is 19.3. The average molecular weight is 519 g/mol. The minimum atomic E-state index is -3.11. The molecule has 1 aliphatic carbocycles. The van der Waals surface area contributed by atoms with Gasteiger partial charge in [-0.3, -0.25) is 19.2 Å². The number of ether oxygens (including phenoxy) is 2. The van der Waals surface area contributed by atoms with Crippen molar-refractivity contribution in [3.05, 3.63) is 0 Å². The van der Waals surface area contributed by atoms with Gasteiger partial charge in [0.2, 0.25) is 23.5 Å². The normalized spacial score (nSPS) is 23.8. The minimum absolute atomic E-state index is 0.0226. The first kappa shape index (κ1) is 29.4. The second-order valence-electron chi connectivity index (χ2n) is 9.46. The summed E-state index contributed by atoms with van der Waals surface area (Å²) in [5.41, 5.74) is 0. The van der Waals surface area contributed by atoms with Crippen LogP contribution in [-0.2, 0) is 28.7 Å². The number of hydrogen-bond acceptors (Lipinski definition) is 7. The zero-order valence-corrected chi connectivity index (χ0v) is 21.3. The molecule has 3 N–H and O–H groups in total. The molecule has 36 heavy (non-hydrogen) atoms. The lowest BCUT2D eigenvalue weighted by Crippen LogP contribution is -2.59. The van der Waals surface area contributed by atoms with Crippen molar-refractivity contribution in [3.63, 3.8) is 0 Å². The first-order valence-corrected chi connectivity index (χ1v) is 12.0. The van der Waals surface area contributed by atoms with Crippen LogP contribution in [0.4, 0.5) is 13.6 Å². The number of carbonyl (C=O) groups excluding carboxylic acids is 5. The van der Waals surface area contributed by atoms with Gasteiger partial charge in [0.15, 0.2) is 0 Å². The van der Waals surface area contributed by atoms with Crippen LogP contribution in [0.15, 0.2) is 0 Å². The number of nitrogens with one attached hydrogen (secondary N) is 3. The highest BCUT2D eigenvalue weighted by Gasteiger charge is 2.51. The Kier molecular flexibility index (Phi) is 10.1. The van der Waals surface area contributed by atoms with Crippen molar-refractivity contribution in [1.29, 1.82) is 0 Å². The second-order valence-corrected chi connectivity index (χ2v) is 9.46. The van der Waals surface area contributed by atoms with E-state index >= 15 is 0 Å². The Morgan fingerprint density at radius 1 is 1.11 bits per heavy atom. The van der Waals surface area contributed by atoms with Gasteiger partial charge in [-0.05, 0) is 44.9 Å². The summed E-state index contributed by atoms with van der Waals surface area (Å²) < 4.78 is 36.9. The third-order valence-electron chi connectivity index (χ3n) is 6.96. The molecule has 204 valence electrons. The zero-order chi connectivity index (χ0) is 27.2. The molecule has 1 saturated carbocycles. The molecular formula is C23H36F2N4O7. The fraction of sp³-hybridized carbons (Fsp3) is 0.783. The van der Waals surface area contributed by atoms with Gasteiger partial charge in [-0.15, -0.1) is 0 Å². The van der Waals surface area contributed by atoms with Crippen molar-refractivity contribution in [3.8, 4) is 0 Å². The van der Waals surface area contributed by atoms with Crippen LogP contribution >= 0.6 is 0 Å². The summed E-state index contributed by atoms with van der Waals surface area (Å²) in [6.07, 6.45) is -0.495. The number of fused-ring (bicyclic) bond motifs is 1. The van der Waals surface area contributed by atoms with E-state index < -0.39 is 72.6 Å². The quantitative estimate of drug-likeness (QED) is 0.340. The molecule has 1 aliphatic heterocycles. The number of alkyl halides is 2. The molecule has 0 unspecified atom stereocenters. The van der Waals surface area contributed by atoms with E-state index in [1.54, 1.807) is 6.92 Å². The summed E-state index contributed by atoms with van der Waals surface area (Å²) in [5, 5.41) is 7.05. The summed E-state index contributed by atoms with van der Waals surface area (Å²) in [6, 6.07) is -3.64. The Balaban J connectivity index is 2.32. The molecule has 11 nitrogen and oxygen atoms in total. The summed E-state index contributed by atoms with van der Waals surface area (Å²) in [4.78, 5) is 64.7. The van der Waals surface area contributed by atoms with E-state index in [-0.39, 0.29) is 18.4 Å². The van der Waals surface area contributed by atoms with E-state index in [1.807, 2.05) is 0 Å². The van der Waals surface area contributed by atoms with Crippen LogP contribution in [0.5, 0.6) is 0 Å². The van der Waals surface area contributed by atoms with Crippen LogP contribution in [0, 0.1) is 11.8 Å². The van der Waals surface area contributed by atoms with Gasteiger partial charge in [-0.1, -0.05) is 6.42 Å². The number of rotatable bonds is 11. The van der Waals surface area contributed by atoms with Crippen LogP contribution in [0.2, 0.25) is 0 Å². The zero-order valence-electron chi connectivity index (χ0n) is 21.3. The Morgan fingerprint density at radius 3 is 2.33 bits per heavy atom. The molecule has 2 fully saturated rings. The number of alkyl carbamates (subject to hydrolysis) is 1. The Morgan fingerprint density at radius 2 is 1.78 bits per heavy atom. The number of ketones is 1. The van der Waals surface area contributed by atoms with Crippen molar-refractivity contribution in [2.24, 2.45) is 11.8 Å². The van der Waals surface area contributed by atoms with Crippen molar-refractivity contribution in [1.82, 2.24) is 20.9 Å². The van der Waals surface area contributed by atoms with Gasteiger partial charge in [-0.25, -0.2) is 13.6 Å². The molecule has 0 bridgehead atoms. The van der Waals surface area contributed by atoms with Crippen molar-refractivity contribution in [2.75, 3.05) is 27.8 Å². The van der Waals surface area contributed by atoms with Gasteiger partial charge >= 0.3 is 6.09 Å². The van der Waals surface area contributed by atoms with E-state index in [9.17, 15) is 32.8 Å². The van der Waals surface area contributed by atoms with Gasteiger partial charge < -0.3 is 30.3 Å². The maximum absolute atomic E-state index is 13.5. The highest BCUT2D eigenvalue weighted by molar-refractivity contribution is 6.38. The largest absolute Gasteiger partial charge is 0.453 e. The first-order chi connectivity index (χ1) is 16.8. The summed E-state index contributed by atoms with van der Waals surface area (Å²) in [7, 11) is 3.74. The van der Waals surface area contributed by atoms with Crippen molar-refractivity contribution in [2.45, 2.75) is 76.1 Å². The molecule has 6 atom stereocenters. The van der Waals surface area contributed by atoms with Crippen LogP contribution in [0.25, 0.3) is 0 Å². The number of likely N-dealkylation sites (tertiary alicyclic amines) is 1. The fourth-order valence-corrected chi connectivity index (χ4v) is 4.95. The monoisotopic (exact) mass is 518 g/mol. The van der Waals surface area contributed by atoms with Gasteiger partial charge in [0.05, 0.1) is 19.3 Å². The molecule has 0 aromatic rings. The Hall–Kier alpha value is -2.83. The average Bonchev–Trinajstić information content (AvgIpc) is 3.43. The van der Waals surface area contributed by atoms with E-state index in [4.69, 9.17) is 4.74 Å². The molecule has 2 rings (SSSR count). The summed E-state index contributed by atoms with van der Waals surface area (Å²) in [6.45, 7) is 2.51. The maximum Gasteiger partial charge on any atom is 0.407 e. The topological polar surface area (TPSA) is 143 Å². The van der Waals surface area contributed by atoms with Gasteiger partial charge in [0, 0.05) is 27.1 Å². The van der Waals surface area contributed by atoms with Gasteiger partial charge in [0.1, 0.15) is 12.1 Å². The minimum Gasteiger partial charge on any atom is -0.453 e. The van der Waals surface area contributed by atoms with Crippen LogP contribution in [-0.4, -0.2) is 92.5 Å². The lowest BCUT2D eigenvalue weighted by molar-refractivity contribution is -0.145. The predicted octanol–water partition coefficient (Wildman–Crippen LogP) is 0.608. The van der Waals surface area contributed by atoms with Crippen LogP contribution < -0.4 is 16.0 Å². The van der Waals surface area contributed by atoms with E-state index in [0.717, 1.165) is 20.0 Å². The number of hydrogen-bond donors (Lipinski definition) is 3. The molecule has 2 aliphatic rings. The molecule has 1 heterocycles. The fourth-order valence-electron chi connectivity index (χ4n) is 4.95. The predicted molar refractivity (Wildman–Crippen MR) is 123 cm³/mol. The Labute approximate surface area is 209 Å². The molecule has 0 aromatic heterocycles. The van der Waals surface area contributed by atoms with Crippen LogP contribution in [0.3, 0.4) is 0 Å². The standard InChI is InChI=1S/C23H36F2N4O7/c1-12(35-4)16(28-22(34)36-5)21(33)29-11-13-7-6-8-14(13)17(29)19(31)27-15(9-10-23(2,24)25)18(30)20(32)26-3/h12-17H,6-11H2,1-5H3,(H,26,32)(H,27,31)(H,28,34)/t12-,13+,14+,15+,16+,17+/m1/s1. The highest BCUT2D eigenvalue weighted by Crippen LogP contribution is 2.42. The molecule has 13 heteroatoms. The van der Waals surface area contributed by atoms with E-state index in [2.05, 4.69) is 20.7 Å². The molecule has 1 saturated heterocycles. The van der Waals surface area contributed by atoms with Crippen LogP contribution in [0.1, 0.15) is 46.0 Å². The SMILES string of the molecule is CNC(=O)C(=O)[C@H](CCC(C)(F)F)NC(=O)[C@@H]1[C@H]2CCC[C@H]2CN1C(=O)[C@@H](NC(=O)OC)[C@@H](C)OC. The number of likely N-dealkylation sites (N-methyl/N-ethyl adjacent to an activating group) is 1. The number of halogens is 2. The van der Waals surface area contributed by atoms with E-state index in [1.165, 1.54) is 19.1 Å². The number of carbonyl (C=O) groups is 5. The number of amides is 4. The van der Waals surface area contributed by atoms with Gasteiger partial charge in [0.25, 0.3) is 5.91 Å². The lowest BCUT2D eigenvalue weighted by atomic mass is 9.92. The Bertz CT molecular complexity index is 851. The number of Topliss-reactive ketones (excluding diaryl/α,β-unsaturated/α-hetero) is 1. The van der Waals surface area contributed by atoms with Crippen molar-refractivity contribution < 1.29 is 42.2 Å². The number of nitrogens with zero attached hydrogens (tertiary/aromatic N) is 1. The van der Waals surface area contributed by atoms with E-state index in [0.29, 0.717) is 13.3 Å². The number of methoxy groups -OCH3 is 2. The summed E-state index contributed by atoms with van der Waals surface area (Å²) >= 11 is 0. The van der Waals surface area contributed by atoms with Crippen molar-refractivity contribution >= 4 is 29.6 Å². The molecule has 0 spiro atoms. The summed E-state index contributed by atoms with van der Waals surface area (Å²) in [5.74, 6) is -6.65. The maximum atomic E-state index is 13.5. The third-order valence-corrected chi connectivity index (χ3v) is 6.96. The molecule has 0 aromatic carbocycles. The molecule has 0 radical (unpaired) electrons.